The Labute approximate surface area is 128 Å². The molecule has 1 atom stereocenters. The Morgan fingerprint density at radius 3 is 2.29 bits per heavy atom. The molecule has 0 aromatic carbocycles. The Balaban J connectivity index is 1.43. The van der Waals surface area contributed by atoms with Crippen LogP contribution in [0.3, 0.4) is 0 Å². The van der Waals surface area contributed by atoms with E-state index in [1.54, 1.807) is 0 Å². The Kier molecular flexibility index (Phi) is 4.43. The maximum Gasteiger partial charge on any atom is 0.315 e. The lowest BCUT2D eigenvalue weighted by molar-refractivity contribution is -0.0135. The number of nitrogens with two attached hydrogens (primary N) is 1. The second-order valence-corrected chi connectivity index (χ2v) is 8.06. The van der Waals surface area contributed by atoms with Crippen LogP contribution in [0.4, 0.5) is 4.79 Å². The number of hydrogen-bond donors (Lipinski definition) is 3. The SMILES string of the molecule is CC(CN)CCCNC(=O)NC12CC3CC(CC(C3)C1)C2. The number of amides is 2. The molecule has 4 rings (SSSR count). The lowest BCUT2D eigenvalue weighted by Crippen LogP contribution is -2.61. The monoisotopic (exact) mass is 293 g/mol. The van der Waals surface area contributed by atoms with E-state index in [0.29, 0.717) is 5.92 Å². The van der Waals surface area contributed by atoms with E-state index >= 15 is 0 Å². The Hall–Kier alpha value is -0.770. The molecule has 4 N–H and O–H groups in total. The highest BCUT2D eigenvalue weighted by molar-refractivity contribution is 5.74. The van der Waals surface area contributed by atoms with Crippen LogP contribution in [-0.2, 0) is 0 Å². The van der Waals surface area contributed by atoms with E-state index in [2.05, 4.69) is 17.6 Å². The van der Waals surface area contributed by atoms with Gasteiger partial charge in [0.1, 0.15) is 0 Å². The molecule has 4 fully saturated rings. The normalized spacial score (nSPS) is 38.3. The smallest absolute Gasteiger partial charge is 0.315 e. The van der Waals surface area contributed by atoms with Gasteiger partial charge in [-0.25, -0.2) is 4.79 Å². The molecule has 0 saturated heterocycles. The minimum absolute atomic E-state index is 0.0531. The van der Waals surface area contributed by atoms with Gasteiger partial charge in [-0.05, 0) is 81.6 Å². The summed E-state index contributed by atoms with van der Waals surface area (Å²) in [5, 5.41) is 6.40. The molecular formula is C17H31N3O. The van der Waals surface area contributed by atoms with Gasteiger partial charge in [-0.3, -0.25) is 0 Å². The molecule has 0 aromatic heterocycles. The van der Waals surface area contributed by atoms with E-state index in [-0.39, 0.29) is 11.6 Å². The second kappa shape index (κ2) is 6.15. The minimum Gasteiger partial charge on any atom is -0.338 e. The first-order valence-electron chi connectivity index (χ1n) is 8.84. The molecule has 0 aliphatic heterocycles. The summed E-state index contributed by atoms with van der Waals surface area (Å²) in [5.41, 5.74) is 5.74. The molecule has 0 aromatic rings. The third-order valence-electron chi connectivity index (χ3n) is 5.98. The topological polar surface area (TPSA) is 67.1 Å². The molecule has 4 heteroatoms. The fraction of sp³-hybridized carbons (Fsp3) is 0.941. The zero-order valence-corrected chi connectivity index (χ0v) is 13.4. The maximum absolute atomic E-state index is 12.2. The molecule has 4 saturated carbocycles. The van der Waals surface area contributed by atoms with Crippen molar-refractivity contribution in [1.82, 2.24) is 10.6 Å². The first-order chi connectivity index (χ1) is 10.1. The molecule has 120 valence electrons. The summed E-state index contributed by atoms with van der Waals surface area (Å²) in [7, 11) is 0. The zero-order valence-electron chi connectivity index (χ0n) is 13.4. The molecular weight excluding hydrogens is 262 g/mol. The molecule has 2 amide bonds. The molecule has 0 radical (unpaired) electrons. The first-order valence-corrected chi connectivity index (χ1v) is 8.84. The predicted molar refractivity (Wildman–Crippen MR) is 84.9 cm³/mol. The Morgan fingerprint density at radius 1 is 1.19 bits per heavy atom. The highest BCUT2D eigenvalue weighted by Gasteiger charge is 2.51. The maximum atomic E-state index is 12.2. The fourth-order valence-electron chi connectivity index (χ4n) is 5.32. The molecule has 0 heterocycles. The lowest BCUT2D eigenvalue weighted by atomic mass is 9.53. The molecule has 4 aliphatic carbocycles. The van der Waals surface area contributed by atoms with Gasteiger partial charge in [-0.2, -0.15) is 0 Å². The number of hydrogen-bond acceptors (Lipinski definition) is 2. The van der Waals surface area contributed by atoms with Crippen molar-refractivity contribution < 1.29 is 4.79 Å². The van der Waals surface area contributed by atoms with Crippen LogP contribution in [-0.4, -0.2) is 24.7 Å². The Bertz CT molecular complexity index is 347. The highest BCUT2D eigenvalue weighted by Crippen LogP contribution is 2.55. The van der Waals surface area contributed by atoms with Gasteiger partial charge in [0.2, 0.25) is 0 Å². The van der Waals surface area contributed by atoms with Crippen LogP contribution in [0.15, 0.2) is 0 Å². The van der Waals surface area contributed by atoms with E-state index in [0.717, 1.165) is 43.7 Å². The zero-order chi connectivity index (χ0) is 14.9. The summed E-state index contributed by atoms with van der Waals surface area (Å²) >= 11 is 0. The van der Waals surface area contributed by atoms with Gasteiger partial charge in [-0.15, -0.1) is 0 Å². The standard InChI is InChI=1S/C17H31N3O/c1-12(11-18)3-2-4-19-16(21)20-17-8-13-5-14(9-17)7-15(6-13)10-17/h12-15H,2-11,18H2,1H3,(H2,19,20,21). The third-order valence-corrected chi connectivity index (χ3v) is 5.98. The summed E-state index contributed by atoms with van der Waals surface area (Å²) in [6, 6.07) is 0.0531. The summed E-state index contributed by atoms with van der Waals surface area (Å²) in [6.07, 6.45) is 10.0. The summed E-state index contributed by atoms with van der Waals surface area (Å²) in [4.78, 5) is 12.2. The van der Waals surface area contributed by atoms with E-state index in [1.807, 2.05) is 0 Å². The van der Waals surface area contributed by atoms with Crippen molar-refractivity contribution in [2.24, 2.45) is 29.4 Å². The van der Waals surface area contributed by atoms with Crippen molar-refractivity contribution in [3.8, 4) is 0 Å². The van der Waals surface area contributed by atoms with E-state index < -0.39 is 0 Å². The quantitative estimate of drug-likeness (QED) is 0.659. The van der Waals surface area contributed by atoms with Gasteiger partial charge >= 0.3 is 6.03 Å². The van der Waals surface area contributed by atoms with Crippen molar-refractivity contribution in [3.05, 3.63) is 0 Å². The van der Waals surface area contributed by atoms with Crippen LogP contribution in [0.1, 0.15) is 58.3 Å². The predicted octanol–water partition coefficient (Wildman–Crippen LogP) is 2.63. The molecule has 4 bridgehead atoms. The molecule has 1 unspecified atom stereocenters. The summed E-state index contributed by atoms with van der Waals surface area (Å²) < 4.78 is 0. The van der Waals surface area contributed by atoms with Crippen LogP contribution < -0.4 is 16.4 Å². The van der Waals surface area contributed by atoms with Crippen LogP contribution >= 0.6 is 0 Å². The average Bonchev–Trinajstić information content (AvgIpc) is 2.41. The van der Waals surface area contributed by atoms with Crippen molar-refractivity contribution >= 4 is 6.03 Å². The van der Waals surface area contributed by atoms with Gasteiger partial charge in [0.15, 0.2) is 0 Å². The number of rotatable bonds is 6. The Morgan fingerprint density at radius 2 is 1.76 bits per heavy atom. The van der Waals surface area contributed by atoms with E-state index in [4.69, 9.17) is 5.73 Å². The highest BCUT2D eigenvalue weighted by atomic mass is 16.2. The second-order valence-electron chi connectivity index (χ2n) is 8.06. The van der Waals surface area contributed by atoms with E-state index in [9.17, 15) is 4.79 Å². The molecule has 4 aliphatic rings. The number of urea groups is 1. The molecule has 0 spiro atoms. The minimum atomic E-state index is 0.0531. The average molecular weight is 293 g/mol. The number of carbonyl (C=O) groups excluding carboxylic acids is 1. The summed E-state index contributed by atoms with van der Waals surface area (Å²) in [6.45, 7) is 3.66. The van der Waals surface area contributed by atoms with Crippen molar-refractivity contribution in [2.45, 2.75) is 63.8 Å². The largest absolute Gasteiger partial charge is 0.338 e. The number of carbonyl (C=O) groups is 1. The summed E-state index contributed by atoms with van der Waals surface area (Å²) in [5.74, 6) is 3.18. The van der Waals surface area contributed by atoms with Crippen molar-refractivity contribution in [3.63, 3.8) is 0 Å². The van der Waals surface area contributed by atoms with Crippen LogP contribution in [0.2, 0.25) is 0 Å². The van der Waals surface area contributed by atoms with Crippen molar-refractivity contribution in [1.29, 1.82) is 0 Å². The molecule has 21 heavy (non-hydrogen) atoms. The van der Waals surface area contributed by atoms with Crippen LogP contribution in [0.25, 0.3) is 0 Å². The van der Waals surface area contributed by atoms with Gasteiger partial charge in [0, 0.05) is 12.1 Å². The fourth-order valence-corrected chi connectivity index (χ4v) is 5.32. The van der Waals surface area contributed by atoms with Gasteiger partial charge in [-0.1, -0.05) is 6.92 Å². The number of nitrogens with one attached hydrogen (secondary N) is 2. The van der Waals surface area contributed by atoms with E-state index in [1.165, 1.54) is 38.5 Å². The first kappa shape index (κ1) is 15.1. The van der Waals surface area contributed by atoms with Crippen molar-refractivity contribution in [2.75, 3.05) is 13.1 Å². The van der Waals surface area contributed by atoms with Crippen LogP contribution in [0.5, 0.6) is 0 Å². The molecule has 4 nitrogen and oxygen atoms in total. The van der Waals surface area contributed by atoms with Gasteiger partial charge < -0.3 is 16.4 Å². The van der Waals surface area contributed by atoms with Gasteiger partial charge in [0.25, 0.3) is 0 Å². The van der Waals surface area contributed by atoms with Crippen LogP contribution in [0, 0.1) is 23.7 Å². The lowest BCUT2D eigenvalue weighted by Gasteiger charge is -2.56. The van der Waals surface area contributed by atoms with Gasteiger partial charge in [0.05, 0.1) is 0 Å². The third kappa shape index (κ3) is 3.53.